The number of carbonyl (C=O) groups is 1. The summed E-state index contributed by atoms with van der Waals surface area (Å²) in [5, 5.41) is 0. The van der Waals surface area contributed by atoms with Gasteiger partial charge in [0, 0.05) is 5.92 Å². The molecule has 1 heteroatoms. The molecule has 0 aromatic heterocycles. The van der Waals surface area contributed by atoms with E-state index in [0.717, 1.165) is 25.5 Å². The molecule has 0 aromatic carbocycles. The zero-order valence-electron chi connectivity index (χ0n) is 10.6. The molecule has 88 valence electrons. The number of rotatable bonds is 2. The minimum atomic E-state index is 0.280. The summed E-state index contributed by atoms with van der Waals surface area (Å²) in [6.45, 7) is 6.95. The molecular formula is C15H22O. The highest BCUT2D eigenvalue weighted by molar-refractivity contribution is 5.54. The van der Waals surface area contributed by atoms with E-state index in [0.29, 0.717) is 11.3 Å². The maximum absolute atomic E-state index is 10.7. The fourth-order valence-corrected chi connectivity index (χ4v) is 3.06. The van der Waals surface area contributed by atoms with Gasteiger partial charge in [0.25, 0.3) is 0 Å². The van der Waals surface area contributed by atoms with Crippen LogP contribution in [-0.2, 0) is 4.79 Å². The van der Waals surface area contributed by atoms with Crippen molar-refractivity contribution < 1.29 is 4.79 Å². The van der Waals surface area contributed by atoms with Crippen LogP contribution in [0.25, 0.3) is 0 Å². The van der Waals surface area contributed by atoms with Gasteiger partial charge in [-0.25, -0.2) is 0 Å². The van der Waals surface area contributed by atoms with Gasteiger partial charge in [0.15, 0.2) is 0 Å². The lowest BCUT2D eigenvalue weighted by Crippen LogP contribution is -2.24. The number of hydrogen-bond donors (Lipinski definition) is 0. The first-order valence-corrected chi connectivity index (χ1v) is 6.37. The van der Waals surface area contributed by atoms with Crippen molar-refractivity contribution in [3.8, 4) is 0 Å². The van der Waals surface area contributed by atoms with Crippen molar-refractivity contribution in [3.63, 3.8) is 0 Å². The molecule has 2 atom stereocenters. The molecule has 0 radical (unpaired) electrons. The van der Waals surface area contributed by atoms with Crippen LogP contribution in [0.1, 0.15) is 46.5 Å². The molecule has 16 heavy (non-hydrogen) atoms. The maximum Gasteiger partial charge on any atom is 0.123 e. The van der Waals surface area contributed by atoms with Gasteiger partial charge in [0.1, 0.15) is 6.29 Å². The third-order valence-corrected chi connectivity index (χ3v) is 4.67. The topological polar surface area (TPSA) is 17.1 Å². The summed E-state index contributed by atoms with van der Waals surface area (Å²) in [6.07, 6.45) is 10.2. The summed E-state index contributed by atoms with van der Waals surface area (Å²) in [4.78, 5) is 10.7. The average molecular weight is 218 g/mol. The van der Waals surface area contributed by atoms with Gasteiger partial charge >= 0.3 is 0 Å². The Balaban J connectivity index is 2.11. The number of carbonyl (C=O) groups excluding carboxylic acids is 1. The second-order valence-corrected chi connectivity index (χ2v) is 5.85. The van der Waals surface area contributed by atoms with Crippen LogP contribution in [0.2, 0.25) is 0 Å². The van der Waals surface area contributed by atoms with Gasteiger partial charge in [-0.3, -0.25) is 0 Å². The zero-order chi connectivity index (χ0) is 11.8. The fourth-order valence-electron chi connectivity index (χ4n) is 3.06. The van der Waals surface area contributed by atoms with Crippen LogP contribution in [0.4, 0.5) is 0 Å². The van der Waals surface area contributed by atoms with Crippen LogP contribution in [0, 0.1) is 17.3 Å². The number of allylic oxidation sites excluding steroid dienone is 4. The van der Waals surface area contributed by atoms with Crippen LogP contribution in [0.5, 0.6) is 0 Å². The Morgan fingerprint density at radius 2 is 2.06 bits per heavy atom. The van der Waals surface area contributed by atoms with E-state index in [4.69, 9.17) is 0 Å². The van der Waals surface area contributed by atoms with Gasteiger partial charge in [-0.2, -0.15) is 0 Å². The third-order valence-electron chi connectivity index (χ3n) is 4.67. The van der Waals surface area contributed by atoms with E-state index in [1.54, 1.807) is 5.57 Å². The maximum atomic E-state index is 10.7. The molecule has 2 rings (SSSR count). The third kappa shape index (κ3) is 1.88. The lowest BCUT2D eigenvalue weighted by Gasteiger charge is -2.34. The minimum absolute atomic E-state index is 0.280. The fraction of sp³-hybridized carbons (Fsp3) is 0.667. The predicted molar refractivity (Wildman–Crippen MR) is 67.1 cm³/mol. The van der Waals surface area contributed by atoms with E-state index in [2.05, 4.69) is 32.9 Å². The Kier molecular flexibility index (Phi) is 3.05. The largest absolute Gasteiger partial charge is 0.303 e. The van der Waals surface area contributed by atoms with Gasteiger partial charge in [-0.15, -0.1) is 0 Å². The summed E-state index contributed by atoms with van der Waals surface area (Å²) in [5.41, 5.74) is 3.44. The first-order valence-electron chi connectivity index (χ1n) is 6.37. The molecule has 2 unspecified atom stereocenters. The monoisotopic (exact) mass is 218 g/mol. The first kappa shape index (κ1) is 11.6. The second kappa shape index (κ2) is 4.20. The highest BCUT2D eigenvalue weighted by Crippen LogP contribution is 2.48. The molecule has 0 saturated carbocycles. The highest BCUT2D eigenvalue weighted by atomic mass is 16.1. The summed E-state index contributed by atoms with van der Waals surface area (Å²) >= 11 is 0. The molecular weight excluding hydrogens is 196 g/mol. The van der Waals surface area contributed by atoms with E-state index >= 15 is 0 Å². The van der Waals surface area contributed by atoms with Crippen molar-refractivity contribution in [2.75, 3.05) is 0 Å². The van der Waals surface area contributed by atoms with Crippen molar-refractivity contribution in [1.82, 2.24) is 0 Å². The Hall–Kier alpha value is -0.850. The summed E-state index contributed by atoms with van der Waals surface area (Å²) in [7, 11) is 0. The van der Waals surface area contributed by atoms with Gasteiger partial charge in [-0.1, -0.05) is 37.1 Å². The van der Waals surface area contributed by atoms with Gasteiger partial charge in [0.2, 0.25) is 0 Å². The number of hydrogen-bond acceptors (Lipinski definition) is 1. The lowest BCUT2D eigenvalue weighted by atomic mass is 9.71. The highest BCUT2D eigenvalue weighted by Gasteiger charge is 2.37. The minimum Gasteiger partial charge on any atom is -0.303 e. The van der Waals surface area contributed by atoms with Gasteiger partial charge in [0.05, 0.1) is 0 Å². The lowest BCUT2D eigenvalue weighted by molar-refractivity contribution is -0.111. The van der Waals surface area contributed by atoms with Crippen LogP contribution in [0.15, 0.2) is 23.3 Å². The molecule has 0 aliphatic heterocycles. The zero-order valence-corrected chi connectivity index (χ0v) is 10.6. The van der Waals surface area contributed by atoms with Crippen LogP contribution < -0.4 is 0 Å². The summed E-state index contributed by atoms with van der Waals surface area (Å²) < 4.78 is 0. The van der Waals surface area contributed by atoms with E-state index < -0.39 is 0 Å². The molecule has 2 aliphatic rings. The molecule has 0 saturated heterocycles. The Morgan fingerprint density at radius 3 is 2.50 bits per heavy atom. The first-order chi connectivity index (χ1) is 7.55. The van der Waals surface area contributed by atoms with E-state index in [9.17, 15) is 4.79 Å². The van der Waals surface area contributed by atoms with Crippen LogP contribution >= 0.6 is 0 Å². The van der Waals surface area contributed by atoms with Crippen LogP contribution in [-0.4, -0.2) is 6.29 Å². The molecule has 0 bridgehead atoms. The Morgan fingerprint density at radius 1 is 1.31 bits per heavy atom. The smallest absolute Gasteiger partial charge is 0.123 e. The van der Waals surface area contributed by atoms with Crippen molar-refractivity contribution in [2.24, 2.45) is 17.3 Å². The van der Waals surface area contributed by atoms with Crippen molar-refractivity contribution in [3.05, 3.63) is 23.3 Å². The van der Waals surface area contributed by atoms with Crippen molar-refractivity contribution >= 4 is 6.29 Å². The van der Waals surface area contributed by atoms with Crippen molar-refractivity contribution in [1.29, 1.82) is 0 Å². The van der Waals surface area contributed by atoms with E-state index in [-0.39, 0.29) is 5.92 Å². The average Bonchev–Trinajstić information content (AvgIpc) is 2.54. The normalized spacial score (nSPS) is 33.2. The SMILES string of the molecule is CC1=CCC(C2=CCC(C=O)CC2)C1(C)C. The molecule has 0 fully saturated rings. The van der Waals surface area contributed by atoms with Gasteiger partial charge in [-0.05, 0) is 43.9 Å². The van der Waals surface area contributed by atoms with Crippen LogP contribution in [0.3, 0.4) is 0 Å². The molecule has 1 nitrogen and oxygen atoms in total. The molecule has 0 N–H and O–H groups in total. The van der Waals surface area contributed by atoms with Crippen molar-refractivity contribution in [2.45, 2.75) is 46.5 Å². The Bertz CT molecular complexity index is 346. The van der Waals surface area contributed by atoms with E-state index in [1.165, 1.54) is 12.0 Å². The molecule has 2 aliphatic carbocycles. The second-order valence-electron chi connectivity index (χ2n) is 5.85. The van der Waals surface area contributed by atoms with Gasteiger partial charge < -0.3 is 4.79 Å². The standard InChI is InChI=1S/C15H22O/c1-11-4-9-14(15(11,2)3)13-7-5-12(10-16)6-8-13/h4,7,10,12,14H,5-6,8-9H2,1-3H3. The molecule has 0 aromatic rings. The number of aldehydes is 1. The summed E-state index contributed by atoms with van der Waals surface area (Å²) in [6, 6.07) is 0. The molecule has 0 heterocycles. The Labute approximate surface area is 98.6 Å². The quantitative estimate of drug-likeness (QED) is 0.507. The predicted octanol–water partition coefficient (Wildman–Crippen LogP) is 3.90. The molecule has 0 spiro atoms. The summed E-state index contributed by atoms with van der Waals surface area (Å²) in [5.74, 6) is 0.961. The van der Waals surface area contributed by atoms with E-state index in [1.807, 2.05) is 0 Å². The molecule has 0 amide bonds.